The molecule has 2 heterocycles. The second kappa shape index (κ2) is 10.8. The number of hydrogen-bond donors (Lipinski definition) is 1. The van der Waals surface area contributed by atoms with E-state index in [0.717, 1.165) is 25.7 Å². The van der Waals surface area contributed by atoms with Crippen molar-refractivity contribution in [1.29, 1.82) is 0 Å². The molecule has 1 aromatic heterocycles. The van der Waals surface area contributed by atoms with Crippen molar-refractivity contribution in [2.24, 2.45) is 0 Å². The van der Waals surface area contributed by atoms with Gasteiger partial charge in [-0.1, -0.05) is 31.4 Å². The normalized spacial score (nSPS) is 16.1. The highest BCUT2D eigenvalue weighted by Gasteiger charge is 2.36. The van der Waals surface area contributed by atoms with Gasteiger partial charge < -0.3 is 23.9 Å². The maximum absolute atomic E-state index is 14.0. The van der Waals surface area contributed by atoms with Crippen molar-refractivity contribution in [1.82, 2.24) is 5.32 Å². The van der Waals surface area contributed by atoms with E-state index in [-0.39, 0.29) is 17.7 Å². The number of ether oxygens (including phenoxy) is 3. The van der Waals surface area contributed by atoms with Gasteiger partial charge in [0.25, 0.3) is 5.91 Å². The molecular formula is C28H30N2O6. The monoisotopic (exact) mass is 490 g/mol. The second-order valence-corrected chi connectivity index (χ2v) is 9.00. The number of methoxy groups -OCH3 is 1. The topological polar surface area (TPSA) is 90.2 Å². The number of furan rings is 1. The molecule has 1 aliphatic heterocycles. The van der Waals surface area contributed by atoms with E-state index in [1.165, 1.54) is 17.6 Å². The minimum atomic E-state index is -0.970. The molecular weight excluding hydrogens is 460 g/mol. The molecule has 0 unspecified atom stereocenters. The Kier molecular flexibility index (Phi) is 7.11. The van der Waals surface area contributed by atoms with Crippen LogP contribution in [0.15, 0.2) is 65.3 Å². The number of rotatable bonds is 7. The molecule has 0 saturated heterocycles. The average molecular weight is 491 g/mol. The Bertz CT molecular complexity index is 1200. The summed E-state index contributed by atoms with van der Waals surface area (Å²) in [4.78, 5) is 29.3. The lowest BCUT2D eigenvalue weighted by molar-refractivity contribution is -0.123. The fraction of sp³-hybridized carbons (Fsp3) is 0.357. The Labute approximate surface area is 210 Å². The van der Waals surface area contributed by atoms with Crippen molar-refractivity contribution in [2.75, 3.05) is 25.2 Å². The van der Waals surface area contributed by atoms with Gasteiger partial charge in [0.15, 0.2) is 17.3 Å². The predicted octanol–water partition coefficient (Wildman–Crippen LogP) is 4.90. The quantitative estimate of drug-likeness (QED) is 0.507. The van der Waals surface area contributed by atoms with Crippen LogP contribution in [-0.4, -0.2) is 38.2 Å². The SMILES string of the molecule is COc1cccc([C@H](C(=O)NC2CCCCC2)N(C(=O)c2ccco2)c2ccc3c(c2)OCCO3)c1. The van der Waals surface area contributed by atoms with Crippen LogP contribution in [-0.2, 0) is 4.79 Å². The minimum Gasteiger partial charge on any atom is -0.497 e. The first-order valence-corrected chi connectivity index (χ1v) is 12.3. The van der Waals surface area contributed by atoms with E-state index in [9.17, 15) is 9.59 Å². The number of anilines is 1. The summed E-state index contributed by atoms with van der Waals surface area (Å²) in [5.74, 6) is 1.14. The molecule has 8 nitrogen and oxygen atoms in total. The van der Waals surface area contributed by atoms with Crippen LogP contribution in [0.5, 0.6) is 17.2 Å². The smallest absolute Gasteiger partial charge is 0.294 e. The summed E-state index contributed by atoms with van der Waals surface area (Å²) in [7, 11) is 1.57. The van der Waals surface area contributed by atoms with Gasteiger partial charge in [0.05, 0.1) is 13.4 Å². The van der Waals surface area contributed by atoms with E-state index in [1.54, 1.807) is 43.5 Å². The zero-order chi connectivity index (χ0) is 24.9. The number of benzene rings is 2. The molecule has 1 N–H and O–H groups in total. The summed E-state index contributed by atoms with van der Waals surface area (Å²) < 4.78 is 22.4. The van der Waals surface area contributed by atoms with E-state index in [1.807, 2.05) is 18.2 Å². The summed E-state index contributed by atoms with van der Waals surface area (Å²) >= 11 is 0. The number of hydrogen-bond acceptors (Lipinski definition) is 6. The molecule has 2 aromatic carbocycles. The lowest BCUT2D eigenvalue weighted by Gasteiger charge is -2.33. The Morgan fingerprint density at radius 1 is 0.972 bits per heavy atom. The first-order valence-electron chi connectivity index (χ1n) is 12.3. The molecule has 188 valence electrons. The molecule has 36 heavy (non-hydrogen) atoms. The van der Waals surface area contributed by atoms with Crippen LogP contribution in [0.2, 0.25) is 0 Å². The van der Waals surface area contributed by atoms with Crippen LogP contribution in [0.4, 0.5) is 5.69 Å². The third kappa shape index (κ3) is 5.03. The van der Waals surface area contributed by atoms with E-state index < -0.39 is 11.9 Å². The molecule has 0 spiro atoms. The van der Waals surface area contributed by atoms with Crippen LogP contribution in [0.3, 0.4) is 0 Å². The molecule has 1 atom stereocenters. The van der Waals surface area contributed by atoms with Crippen molar-refractivity contribution in [3.63, 3.8) is 0 Å². The highest BCUT2D eigenvalue weighted by molar-refractivity contribution is 6.08. The van der Waals surface area contributed by atoms with Crippen LogP contribution >= 0.6 is 0 Å². The molecule has 0 radical (unpaired) electrons. The van der Waals surface area contributed by atoms with Crippen molar-refractivity contribution < 1.29 is 28.2 Å². The molecule has 3 aromatic rings. The standard InChI is InChI=1S/C28H30N2O6/c1-33-22-10-5-7-19(17-22)26(27(31)29-20-8-3-2-4-9-20)30(28(32)24-11-6-14-34-24)21-12-13-23-25(18-21)36-16-15-35-23/h5-7,10-14,17-18,20,26H,2-4,8-9,15-16H2,1H3,(H,29,31)/t26-/m1/s1. The number of carbonyl (C=O) groups excluding carboxylic acids is 2. The van der Waals surface area contributed by atoms with Crippen molar-refractivity contribution >= 4 is 17.5 Å². The first-order chi connectivity index (χ1) is 17.6. The van der Waals surface area contributed by atoms with Gasteiger partial charge in [-0.25, -0.2) is 0 Å². The van der Waals surface area contributed by atoms with Crippen LogP contribution in [0.25, 0.3) is 0 Å². The first kappa shape index (κ1) is 23.8. The number of carbonyl (C=O) groups is 2. The van der Waals surface area contributed by atoms with E-state index in [2.05, 4.69) is 5.32 Å². The van der Waals surface area contributed by atoms with Crippen molar-refractivity contribution in [3.8, 4) is 17.2 Å². The Morgan fingerprint density at radius 2 is 1.78 bits per heavy atom. The van der Waals surface area contributed by atoms with Gasteiger partial charge in [0.2, 0.25) is 5.91 Å². The molecule has 5 rings (SSSR count). The Morgan fingerprint density at radius 3 is 2.53 bits per heavy atom. The number of nitrogens with zero attached hydrogens (tertiary/aromatic N) is 1. The number of nitrogens with one attached hydrogen (secondary N) is 1. The summed E-state index contributed by atoms with van der Waals surface area (Å²) in [6.07, 6.45) is 6.61. The van der Waals surface area contributed by atoms with Gasteiger partial charge in [0, 0.05) is 17.8 Å². The maximum Gasteiger partial charge on any atom is 0.294 e. The zero-order valence-corrected chi connectivity index (χ0v) is 20.3. The van der Waals surface area contributed by atoms with Gasteiger partial charge in [-0.2, -0.15) is 0 Å². The minimum absolute atomic E-state index is 0.0696. The fourth-order valence-corrected chi connectivity index (χ4v) is 4.84. The van der Waals surface area contributed by atoms with Gasteiger partial charge in [-0.3, -0.25) is 14.5 Å². The third-order valence-electron chi connectivity index (χ3n) is 6.62. The van der Waals surface area contributed by atoms with Crippen molar-refractivity contribution in [2.45, 2.75) is 44.2 Å². The van der Waals surface area contributed by atoms with Crippen LogP contribution in [0.1, 0.15) is 54.3 Å². The molecule has 1 saturated carbocycles. The van der Waals surface area contributed by atoms with E-state index in [4.69, 9.17) is 18.6 Å². The highest BCUT2D eigenvalue weighted by Crippen LogP contribution is 2.38. The van der Waals surface area contributed by atoms with Gasteiger partial charge >= 0.3 is 0 Å². The van der Waals surface area contributed by atoms with E-state index in [0.29, 0.717) is 41.7 Å². The lowest BCUT2D eigenvalue weighted by Crippen LogP contribution is -2.47. The summed E-state index contributed by atoms with van der Waals surface area (Å²) in [6.45, 7) is 0.863. The summed E-state index contributed by atoms with van der Waals surface area (Å²) in [6, 6.07) is 14.8. The van der Waals surface area contributed by atoms with Crippen LogP contribution in [0, 0.1) is 0 Å². The van der Waals surface area contributed by atoms with Gasteiger partial charge in [-0.15, -0.1) is 0 Å². The Hall–Kier alpha value is -3.94. The maximum atomic E-state index is 14.0. The van der Waals surface area contributed by atoms with E-state index >= 15 is 0 Å². The average Bonchev–Trinajstić information content (AvgIpc) is 3.47. The molecule has 0 bridgehead atoms. The fourth-order valence-electron chi connectivity index (χ4n) is 4.84. The molecule has 2 aliphatic rings. The summed E-state index contributed by atoms with van der Waals surface area (Å²) in [5, 5.41) is 3.21. The molecule has 1 fully saturated rings. The van der Waals surface area contributed by atoms with Crippen LogP contribution < -0.4 is 24.4 Å². The highest BCUT2D eigenvalue weighted by atomic mass is 16.6. The molecule has 1 aliphatic carbocycles. The lowest BCUT2D eigenvalue weighted by atomic mass is 9.94. The molecule has 8 heteroatoms. The summed E-state index contributed by atoms with van der Waals surface area (Å²) in [5.41, 5.74) is 1.12. The number of amides is 2. The second-order valence-electron chi connectivity index (χ2n) is 9.00. The van der Waals surface area contributed by atoms with Gasteiger partial charge in [-0.05, 0) is 54.8 Å². The largest absolute Gasteiger partial charge is 0.497 e. The van der Waals surface area contributed by atoms with Gasteiger partial charge in [0.1, 0.15) is 25.0 Å². The number of fused-ring (bicyclic) bond motifs is 1. The molecule has 2 amide bonds. The third-order valence-corrected chi connectivity index (χ3v) is 6.62. The Balaban J connectivity index is 1.60. The van der Waals surface area contributed by atoms with Crippen molar-refractivity contribution in [3.05, 3.63) is 72.2 Å². The zero-order valence-electron chi connectivity index (χ0n) is 20.3. The predicted molar refractivity (Wildman–Crippen MR) is 134 cm³/mol.